The highest BCUT2D eigenvalue weighted by Gasteiger charge is 2.26. The molecular weight excluding hydrogens is 423 g/mol. The first-order valence-electron chi connectivity index (χ1n) is 10.8. The van der Waals surface area contributed by atoms with Gasteiger partial charge in [0.25, 0.3) is 0 Å². The van der Waals surface area contributed by atoms with Crippen LogP contribution in [0.4, 0.5) is 0 Å². The minimum atomic E-state index is -2.26. The maximum Gasteiger partial charge on any atom is 0.0380 e. The highest BCUT2D eigenvalue weighted by atomic mass is 32.4. The van der Waals surface area contributed by atoms with Crippen molar-refractivity contribution in [2.24, 2.45) is 0 Å². The predicted molar refractivity (Wildman–Crippen MR) is 145 cm³/mol. The Hall–Kier alpha value is -3.25. The van der Waals surface area contributed by atoms with E-state index < -0.39 is 6.04 Å². The molecule has 0 unspecified atom stereocenters. The Kier molecular flexibility index (Phi) is 4.68. The normalized spacial score (nSPS) is 11.9. The molecular formula is C30H21PS. The van der Waals surface area contributed by atoms with Crippen LogP contribution in [0, 0.1) is 0 Å². The Labute approximate surface area is 193 Å². The fourth-order valence-electron chi connectivity index (χ4n) is 4.56. The van der Waals surface area contributed by atoms with Crippen LogP contribution in [0.25, 0.3) is 32.3 Å². The van der Waals surface area contributed by atoms with Crippen molar-refractivity contribution in [3.8, 4) is 0 Å². The van der Waals surface area contributed by atoms with Gasteiger partial charge in [-0.25, -0.2) is 0 Å². The van der Waals surface area contributed by atoms with E-state index in [2.05, 4.69) is 127 Å². The van der Waals surface area contributed by atoms with Gasteiger partial charge in [-0.15, -0.1) is 0 Å². The van der Waals surface area contributed by atoms with E-state index in [1.807, 2.05) is 0 Å². The van der Waals surface area contributed by atoms with Crippen molar-refractivity contribution >= 4 is 66.1 Å². The minimum absolute atomic E-state index is 1.23. The van der Waals surface area contributed by atoms with Gasteiger partial charge in [-0.2, -0.15) is 0 Å². The smallest absolute Gasteiger partial charge is 0.0380 e. The lowest BCUT2D eigenvalue weighted by Gasteiger charge is -2.25. The first kappa shape index (κ1) is 19.4. The molecule has 0 saturated carbocycles. The van der Waals surface area contributed by atoms with Crippen molar-refractivity contribution in [2.75, 3.05) is 0 Å². The molecule has 0 aliphatic carbocycles. The van der Waals surface area contributed by atoms with E-state index in [9.17, 15) is 0 Å². The quantitative estimate of drug-likeness (QED) is 0.268. The van der Waals surface area contributed by atoms with E-state index in [1.54, 1.807) is 0 Å². The third-order valence-corrected chi connectivity index (χ3v) is 11.2. The van der Waals surface area contributed by atoms with Crippen LogP contribution in [0.1, 0.15) is 0 Å². The molecule has 0 aromatic heterocycles. The summed E-state index contributed by atoms with van der Waals surface area (Å²) in [6.45, 7) is 0. The Bertz CT molecular complexity index is 1470. The van der Waals surface area contributed by atoms with E-state index in [1.165, 1.54) is 48.2 Å². The van der Waals surface area contributed by atoms with Crippen molar-refractivity contribution in [2.45, 2.75) is 0 Å². The Morgan fingerprint density at radius 3 is 0.938 bits per heavy atom. The molecule has 0 atom stereocenters. The molecule has 0 aliphatic heterocycles. The first-order valence-corrected chi connectivity index (χ1v) is 13.6. The summed E-state index contributed by atoms with van der Waals surface area (Å²) in [7, 11) is 0. The zero-order chi connectivity index (χ0) is 21.5. The number of fused-ring (bicyclic) bond motifs is 3. The summed E-state index contributed by atoms with van der Waals surface area (Å²) in [6.07, 6.45) is 0. The highest BCUT2D eigenvalue weighted by Crippen LogP contribution is 2.44. The number of rotatable bonds is 3. The van der Waals surface area contributed by atoms with Crippen molar-refractivity contribution in [3.63, 3.8) is 0 Å². The summed E-state index contributed by atoms with van der Waals surface area (Å²) in [5.41, 5.74) is 0. The molecule has 0 fully saturated rings. The lowest BCUT2D eigenvalue weighted by Crippen LogP contribution is -2.25. The maximum atomic E-state index is 6.70. The van der Waals surface area contributed by atoms with Crippen molar-refractivity contribution in [1.29, 1.82) is 0 Å². The lowest BCUT2D eigenvalue weighted by atomic mass is 10.1. The molecule has 32 heavy (non-hydrogen) atoms. The second kappa shape index (κ2) is 7.71. The van der Waals surface area contributed by atoms with E-state index >= 15 is 0 Å². The molecule has 0 N–H and O–H groups in total. The lowest BCUT2D eigenvalue weighted by molar-refractivity contribution is 1.76. The van der Waals surface area contributed by atoms with Gasteiger partial charge < -0.3 is 0 Å². The van der Waals surface area contributed by atoms with E-state index in [4.69, 9.17) is 11.8 Å². The summed E-state index contributed by atoms with van der Waals surface area (Å²) in [6, 6.07) is 43.6. The average molecular weight is 445 g/mol. The summed E-state index contributed by atoms with van der Waals surface area (Å²) in [4.78, 5) is 0. The second-order valence-corrected chi connectivity index (χ2v) is 12.6. The van der Waals surface area contributed by atoms with Crippen LogP contribution in [0.5, 0.6) is 0 Å². The van der Waals surface area contributed by atoms with Gasteiger partial charge in [0.1, 0.15) is 0 Å². The van der Waals surface area contributed by atoms with Gasteiger partial charge in [0, 0.05) is 6.04 Å². The van der Waals surface area contributed by atoms with Gasteiger partial charge in [0.2, 0.25) is 0 Å². The third kappa shape index (κ3) is 3.17. The largest absolute Gasteiger partial charge is 0.0826 e. The molecule has 0 amide bonds. The molecule has 0 nitrogen and oxygen atoms in total. The molecule has 2 heteroatoms. The molecule has 0 heterocycles. The Balaban J connectivity index is 1.66. The summed E-state index contributed by atoms with van der Waals surface area (Å²) < 4.78 is 0. The fourth-order valence-corrected chi connectivity index (χ4v) is 8.30. The van der Waals surface area contributed by atoms with Crippen LogP contribution in [0.3, 0.4) is 0 Å². The predicted octanol–water partition coefficient (Wildman–Crippen LogP) is 6.90. The zero-order valence-corrected chi connectivity index (χ0v) is 19.2. The van der Waals surface area contributed by atoms with Gasteiger partial charge in [-0.05, 0) is 66.4 Å². The Morgan fingerprint density at radius 1 is 0.344 bits per heavy atom. The molecule has 152 valence electrons. The molecule has 0 bridgehead atoms. The molecule has 0 radical (unpaired) electrons. The van der Waals surface area contributed by atoms with Crippen LogP contribution < -0.4 is 15.9 Å². The van der Waals surface area contributed by atoms with Crippen LogP contribution in [-0.2, 0) is 11.8 Å². The molecule has 0 saturated heterocycles. The topological polar surface area (TPSA) is 0 Å². The molecule has 6 aromatic carbocycles. The van der Waals surface area contributed by atoms with Crippen LogP contribution in [0.15, 0.2) is 127 Å². The number of hydrogen-bond donors (Lipinski definition) is 0. The van der Waals surface area contributed by atoms with Crippen LogP contribution in [0.2, 0.25) is 0 Å². The van der Waals surface area contributed by atoms with Gasteiger partial charge in [0.15, 0.2) is 0 Å². The van der Waals surface area contributed by atoms with E-state index in [0.29, 0.717) is 0 Å². The number of hydrogen-bond acceptors (Lipinski definition) is 1. The summed E-state index contributed by atoms with van der Waals surface area (Å²) in [5.74, 6) is 0. The molecule has 0 spiro atoms. The van der Waals surface area contributed by atoms with Crippen molar-refractivity contribution in [1.82, 2.24) is 0 Å². The van der Waals surface area contributed by atoms with Gasteiger partial charge in [0.05, 0.1) is 0 Å². The highest BCUT2D eigenvalue weighted by molar-refractivity contribution is 8.25. The fraction of sp³-hybridized carbons (Fsp3) is 0. The maximum absolute atomic E-state index is 6.70. The number of benzene rings is 6. The molecule has 6 aromatic rings. The summed E-state index contributed by atoms with van der Waals surface area (Å²) >= 11 is 6.70. The first-order chi connectivity index (χ1) is 15.7. The van der Waals surface area contributed by atoms with Crippen molar-refractivity contribution in [3.05, 3.63) is 127 Å². The standard InChI is InChI=1S/C30H21PS/c32-31(28-16-13-22-7-1-4-10-25(22)19-28,29-17-14-23-8-2-5-11-26(23)20-29)30-18-15-24-9-3-6-12-27(24)21-30/h1-21H. The molecule has 6 rings (SSSR count). The monoisotopic (exact) mass is 444 g/mol. The van der Waals surface area contributed by atoms with Crippen LogP contribution >= 0.6 is 6.04 Å². The zero-order valence-electron chi connectivity index (χ0n) is 17.5. The third-order valence-electron chi connectivity index (χ3n) is 6.29. The van der Waals surface area contributed by atoms with E-state index in [-0.39, 0.29) is 0 Å². The Morgan fingerprint density at radius 2 is 0.625 bits per heavy atom. The minimum Gasteiger partial charge on any atom is -0.0826 e. The van der Waals surface area contributed by atoms with Gasteiger partial charge >= 0.3 is 0 Å². The van der Waals surface area contributed by atoms with E-state index in [0.717, 1.165) is 0 Å². The van der Waals surface area contributed by atoms with Gasteiger partial charge in [-0.3, -0.25) is 0 Å². The SMILES string of the molecule is S=P(c1ccc2ccccc2c1)(c1ccc2ccccc2c1)c1ccc2ccccc2c1. The van der Waals surface area contributed by atoms with Gasteiger partial charge in [-0.1, -0.05) is 121 Å². The molecule has 0 aliphatic rings. The van der Waals surface area contributed by atoms with Crippen LogP contribution in [-0.4, -0.2) is 0 Å². The second-order valence-electron chi connectivity index (χ2n) is 8.20. The summed E-state index contributed by atoms with van der Waals surface area (Å²) in [5, 5.41) is 11.1. The average Bonchev–Trinajstić information content (AvgIpc) is 2.87. The van der Waals surface area contributed by atoms with Crippen molar-refractivity contribution < 1.29 is 0 Å².